The molecule has 0 aromatic heterocycles. The second-order valence-corrected chi connectivity index (χ2v) is 7.76. The lowest BCUT2D eigenvalue weighted by molar-refractivity contribution is -0.136. The van der Waals surface area contributed by atoms with Crippen molar-refractivity contribution in [1.82, 2.24) is 0 Å². The molecule has 0 heterocycles. The van der Waals surface area contributed by atoms with Crippen LogP contribution in [0.25, 0.3) is 0 Å². The van der Waals surface area contributed by atoms with Crippen LogP contribution in [0.4, 0.5) is 5.69 Å². The van der Waals surface area contributed by atoms with Gasteiger partial charge in [0.25, 0.3) is 0 Å². The van der Waals surface area contributed by atoms with E-state index < -0.39 is 11.2 Å². The van der Waals surface area contributed by atoms with E-state index in [0.29, 0.717) is 18.5 Å². The third-order valence-corrected chi connectivity index (χ3v) is 4.28. The minimum absolute atomic E-state index is 0.0529. The molecule has 0 aliphatic heterocycles. The first-order valence-electron chi connectivity index (χ1n) is 7.51. The number of nitrogens with one attached hydrogen (secondary N) is 1. The number of rotatable bonds is 7. The van der Waals surface area contributed by atoms with Crippen molar-refractivity contribution >= 4 is 29.3 Å². The smallest absolute Gasteiger partial charge is 0.316 e. The maximum Gasteiger partial charge on any atom is 0.316 e. The molecule has 0 radical (unpaired) electrons. The number of amides is 1. The number of anilines is 1. The predicted octanol–water partition coefficient (Wildman–Crippen LogP) is 4.41. The molecule has 0 aliphatic carbocycles. The number of carbonyl (C=O) groups is 2. The number of carbonyl (C=O) groups excluding carboxylic acids is 1. The van der Waals surface area contributed by atoms with Gasteiger partial charge in [-0.1, -0.05) is 46.2 Å². The topological polar surface area (TPSA) is 66.4 Å². The summed E-state index contributed by atoms with van der Waals surface area (Å²) in [7, 11) is 0. The van der Waals surface area contributed by atoms with E-state index in [0.717, 1.165) is 11.3 Å². The molecule has 2 N–H and O–H groups in total. The van der Waals surface area contributed by atoms with E-state index in [1.807, 2.05) is 52.0 Å². The Morgan fingerprint density at radius 1 is 1.27 bits per heavy atom. The van der Waals surface area contributed by atoms with Gasteiger partial charge in [-0.3, -0.25) is 9.59 Å². The fourth-order valence-electron chi connectivity index (χ4n) is 2.00. The van der Waals surface area contributed by atoms with Gasteiger partial charge in [0.1, 0.15) is 5.25 Å². The number of thioether (sulfide) groups is 1. The maximum atomic E-state index is 12.1. The lowest BCUT2D eigenvalue weighted by Gasteiger charge is -2.19. The lowest BCUT2D eigenvalue weighted by atomic mass is 9.92. The molecule has 122 valence electrons. The highest BCUT2D eigenvalue weighted by Gasteiger charge is 2.21. The molecule has 0 spiro atoms. The number of carboxylic acid groups (broad SMARTS) is 1. The number of para-hydroxylation sites is 1. The second-order valence-electron chi connectivity index (χ2n) is 6.52. The first-order valence-corrected chi connectivity index (χ1v) is 8.39. The van der Waals surface area contributed by atoms with Crippen LogP contribution in [-0.2, 0) is 9.59 Å². The molecular weight excluding hydrogens is 298 g/mol. The van der Waals surface area contributed by atoms with Gasteiger partial charge < -0.3 is 10.4 Å². The molecule has 0 saturated carbocycles. The van der Waals surface area contributed by atoms with Gasteiger partial charge in [-0.15, -0.1) is 11.8 Å². The third-order valence-electron chi connectivity index (χ3n) is 2.95. The van der Waals surface area contributed by atoms with Crippen molar-refractivity contribution in [2.75, 3.05) is 5.32 Å². The summed E-state index contributed by atoms with van der Waals surface area (Å²) in [6.45, 7) is 7.99. The van der Waals surface area contributed by atoms with E-state index in [9.17, 15) is 14.7 Å². The van der Waals surface area contributed by atoms with Crippen LogP contribution < -0.4 is 5.32 Å². The Labute approximate surface area is 136 Å². The molecule has 1 aromatic rings. The highest BCUT2D eigenvalue weighted by atomic mass is 32.2. The van der Waals surface area contributed by atoms with Crippen LogP contribution in [0.5, 0.6) is 0 Å². The highest BCUT2D eigenvalue weighted by Crippen LogP contribution is 2.33. The molecule has 0 unspecified atom stereocenters. The van der Waals surface area contributed by atoms with Crippen LogP contribution in [-0.4, -0.2) is 22.2 Å². The van der Waals surface area contributed by atoms with Crippen molar-refractivity contribution in [3.05, 3.63) is 24.3 Å². The molecule has 1 aromatic carbocycles. The molecule has 0 bridgehead atoms. The van der Waals surface area contributed by atoms with Gasteiger partial charge in [-0.25, -0.2) is 0 Å². The Bertz CT molecular complexity index is 523. The normalized spacial score (nSPS) is 12.7. The fourth-order valence-corrected chi connectivity index (χ4v) is 3.16. The van der Waals surface area contributed by atoms with Crippen molar-refractivity contribution in [2.24, 2.45) is 5.41 Å². The molecule has 0 aliphatic rings. The van der Waals surface area contributed by atoms with E-state index in [1.54, 1.807) is 0 Å². The van der Waals surface area contributed by atoms with E-state index in [2.05, 4.69) is 5.32 Å². The average molecular weight is 323 g/mol. The average Bonchev–Trinajstić information content (AvgIpc) is 2.37. The number of benzene rings is 1. The molecule has 0 fully saturated rings. The zero-order chi connectivity index (χ0) is 16.8. The first kappa shape index (κ1) is 18.6. The Morgan fingerprint density at radius 2 is 1.91 bits per heavy atom. The number of aliphatic carboxylic acids is 1. The van der Waals surface area contributed by atoms with Crippen molar-refractivity contribution in [3.63, 3.8) is 0 Å². The Morgan fingerprint density at radius 3 is 2.45 bits per heavy atom. The zero-order valence-electron chi connectivity index (χ0n) is 13.7. The summed E-state index contributed by atoms with van der Waals surface area (Å²) < 4.78 is 0. The van der Waals surface area contributed by atoms with Crippen molar-refractivity contribution < 1.29 is 14.7 Å². The maximum absolute atomic E-state index is 12.1. The largest absolute Gasteiger partial charge is 0.480 e. The van der Waals surface area contributed by atoms with Gasteiger partial charge in [-0.2, -0.15) is 0 Å². The summed E-state index contributed by atoms with van der Waals surface area (Å²) in [6, 6.07) is 7.36. The highest BCUT2D eigenvalue weighted by molar-refractivity contribution is 8.00. The minimum atomic E-state index is -0.817. The lowest BCUT2D eigenvalue weighted by Crippen LogP contribution is -2.20. The van der Waals surface area contributed by atoms with Crippen molar-refractivity contribution in [3.8, 4) is 0 Å². The molecule has 1 rings (SSSR count). The summed E-state index contributed by atoms with van der Waals surface area (Å²) in [5, 5.41) is 11.7. The van der Waals surface area contributed by atoms with Gasteiger partial charge in [0, 0.05) is 11.3 Å². The number of hydrogen-bond donors (Lipinski definition) is 2. The van der Waals surface area contributed by atoms with Gasteiger partial charge in [0.2, 0.25) is 5.91 Å². The second kappa shape index (κ2) is 8.22. The standard InChI is InChI=1S/C17H25NO3S/c1-5-8-14(16(20)21)22-13-10-7-6-9-12(13)18-15(19)11-17(2,3)4/h6-7,9-10,14H,5,8,11H2,1-4H3,(H,18,19)(H,20,21)/t14-/m1/s1. The van der Waals surface area contributed by atoms with E-state index in [4.69, 9.17) is 0 Å². The van der Waals surface area contributed by atoms with E-state index >= 15 is 0 Å². The molecule has 0 saturated heterocycles. The van der Waals surface area contributed by atoms with E-state index in [1.165, 1.54) is 11.8 Å². The zero-order valence-corrected chi connectivity index (χ0v) is 14.5. The number of carboxylic acids is 1. The van der Waals surface area contributed by atoms with Crippen LogP contribution in [0, 0.1) is 5.41 Å². The fraction of sp³-hybridized carbons (Fsp3) is 0.529. The number of hydrogen-bond acceptors (Lipinski definition) is 3. The first-order chi connectivity index (χ1) is 10.2. The molecule has 22 heavy (non-hydrogen) atoms. The minimum Gasteiger partial charge on any atom is -0.480 e. The van der Waals surface area contributed by atoms with E-state index in [-0.39, 0.29) is 11.3 Å². The summed E-state index contributed by atoms with van der Waals surface area (Å²) in [4.78, 5) is 24.2. The van der Waals surface area contributed by atoms with Gasteiger partial charge in [0.05, 0.1) is 5.69 Å². The molecule has 1 atom stereocenters. The predicted molar refractivity (Wildman–Crippen MR) is 91.3 cm³/mol. The van der Waals surface area contributed by atoms with Crippen LogP contribution >= 0.6 is 11.8 Å². The Balaban J connectivity index is 2.85. The van der Waals surface area contributed by atoms with Gasteiger partial charge in [0.15, 0.2) is 0 Å². The molecule has 1 amide bonds. The Hall–Kier alpha value is -1.49. The van der Waals surface area contributed by atoms with Crippen molar-refractivity contribution in [2.45, 2.75) is 57.1 Å². The van der Waals surface area contributed by atoms with Crippen molar-refractivity contribution in [1.29, 1.82) is 0 Å². The van der Waals surface area contributed by atoms with Crippen LogP contribution in [0.2, 0.25) is 0 Å². The summed E-state index contributed by atoms with van der Waals surface area (Å²) >= 11 is 1.29. The van der Waals surface area contributed by atoms with Crippen LogP contribution in [0.3, 0.4) is 0 Å². The monoisotopic (exact) mass is 323 g/mol. The third kappa shape index (κ3) is 6.52. The summed E-state index contributed by atoms with van der Waals surface area (Å²) in [6.07, 6.45) is 1.83. The molecule has 4 nitrogen and oxygen atoms in total. The van der Waals surface area contributed by atoms with Crippen LogP contribution in [0.1, 0.15) is 47.0 Å². The van der Waals surface area contributed by atoms with Gasteiger partial charge in [-0.05, 0) is 24.0 Å². The SMILES string of the molecule is CCC[C@@H](Sc1ccccc1NC(=O)CC(C)(C)C)C(=O)O. The van der Waals surface area contributed by atoms with Gasteiger partial charge >= 0.3 is 5.97 Å². The molecule has 5 heteroatoms. The summed E-state index contributed by atoms with van der Waals surface area (Å²) in [5.41, 5.74) is 0.599. The quantitative estimate of drug-likeness (QED) is 0.730. The summed E-state index contributed by atoms with van der Waals surface area (Å²) in [5.74, 6) is -0.870. The Kier molecular flexibility index (Phi) is 6.94. The van der Waals surface area contributed by atoms with Crippen LogP contribution in [0.15, 0.2) is 29.2 Å². The molecular formula is C17H25NO3S.